The summed E-state index contributed by atoms with van der Waals surface area (Å²) >= 11 is 3.42. The van der Waals surface area contributed by atoms with Crippen molar-refractivity contribution in [2.75, 3.05) is 5.33 Å². The van der Waals surface area contributed by atoms with E-state index in [-0.39, 0.29) is 5.41 Å². The molecule has 1 saturated carbocycles. The minimum atomic E-state index is -0.636. The zero-order valence-electron chi connectivity index (χ0n) is 7.89. The van der Waals surface area contributed by atoms with Crippen molar-refractivity contribution in [3.05, 3.63) is 0 Å². The van der Waals surface area contributed by atoms with Crippen molar-refractivity contribution in [3.8, 4) is 0 Å². The zero-order valence-corrected chi connectivity index (χ0v) is 9.48. The van der Waals surface area contributed by atoms with E-state index < -0.39 is 5.97 Å². The highest BCUT2D eigenvalue weighted by Gasteiger charge is 2.33. The SMILES string of the molecule is O=C(O)CC1(CCBr)CCCCC1. The highest BCUT2D eigenvalue weighted by molar-refractivity contribution is 9.09. The predicted molar refractivity (Wildman–Crippen MR) is 56.2 cm³/mol. The zero-order chi connectivity index (χ0) is 9.73. The number of carboxylic acids is 1. The molecule has 0 atom stereocenters. The van der Waals surface area contributed by atoms with E-state index in [1.165, 1.54) is 19.3 Å². The van der Waals surface area contributed by atoms with Crippen LogP contribution in [0.2, 0.25) is 0 Å². The quantitative estimate of drug-likeness (QED) is 0.777. The Morgan fingerprint density at radius 3 is 2.38 bits per heavy atom. The van der Waals surface area contributed by atoms with Crippen molar-refractivity contribution in [1.82, 2.24) is 0 Å². The van der Waals surface area contributed by atoms with Crippen LogP contribution in [0.5, 0.6) is 0 Å². The molecule has 0 aromatic rings. The number of hydrogen-bond donors (Lipinski definition) is 1. The van der Waals surface area contributed by atoms with Gasteiger partial charge in [-0.05, 0) is 24.7 Å². The third kappa shape index (κ3) is 3.29. The summed E-state index contributed by atoms with van der Waals surface area (Å²) < 4.78 is 0. The van der Waals surface area contributed by atoms with Crippen LogP contribution in [0.1, 0.15) is 44.9 Å². The first-order chi connectivity index (χ1) is 6.18. The predicted octanol–water partition coefficient (Wildman–Crippen LogP) is 3.20. The molecular formula is C10H17BrO2. The van der Waals surface area contributed by atoms with Gasteiger partial charge >= 0.3 is 5.97 Å². The lowest BCUT2D eigenvalue weighted by Crippen LogP contribution is -2.27. The van der Waals surface area contributed by atoms with Crippen molar-refractivity contribution >= 4 is 21.9 Å². The summed E-state index contributed by atoms with van der Waals surface area (Å²) in [5.41, 5.74) is 0.105. The second kappa shape index (κ2) is 4.99. The van der Waals surface area contributed by atoms with Crippen LogP contribution in [0.25, 0.3) is 0 Å². The van der Waals surface area contributed by atoms with Crippen LogP contribution in [0, 0.1) is 5.41 Å². The van der Waals surface area contributed by atoms with Gasteiger partial charge < -0.3 is 5.11 Å². The summed E-state index contributed by atoms with van der Waals surface area (Å²) in [6.07, 6.45) is 7.28. The van der Waals surface area contributed by atoms with Gasteiger partial charge in [-0.2, -0.15) is 0 Å². The molecule has 3 heteroatoms. The Labute approximate surface area is 87.8 Å². The van der Waals surface area contributed by atoms with Crippen LogP contribution >= 0.6 is 15.9 Å². The van der Waals surface area contributed by atoms with Gasteiger partial charge in [0.1, 0.15) is 0 Å². The Bertz CT molecular complexity index is 168. The third-order valence-corrected chi connectivity index (χ3v) is 3.46. The smallest absolute Gasteiger partial charge is 0.303 e. The fourth-order valence-corrected chi connectivity index (χ4v) is 3.18. The molecule has 0 saturated heterocycles. The van der Waals surface area contributed by atoms with Crippen molar-refractivity contribution < 1.29 is 9.90 Å². The number of alkyl halides is 1. The second-order valence-electron chi connectivity index (χ2n) is 4.07. The lowest BCUT2D eigenvalue weighted by atomic mass is 9.70. The van der Waals surface area contributed by atoms with Gasteiger partial charge in [-0.3, -0.25) is 4.79 Å². The summed E-state index contributed by atoms with van der Waals surface area (Å²) in [6, 6.07) is 0. The Morgan fingerprint density at radius 2 is 1.92 bits per heavy atom. The molecule has 1 N–H and O–H groups in total. The molecule has 0 spiro atoms. The molecule has 0 heterocycles. The first kappa shape index (κ1) is 11.0. The van der Waals surface area contributed by atoms with E-state index in [2.05, 4.69) is 15.9 Å². The van der Waals surface area contributed by atoms with Gasteiger partial charge in [0.2, 0.25) is 0 Å². The minimum Gasteiger partial charge on any atom is -0.481 e. The van der Waals surface area contributed by atoms with Gasteiger partial charge in [0.25, 0.3) is 0 Å². The molecule has 1 fully saturated rings. The van der Waals surface area contributed by atoms with E-state index in [1.807, 2.05) is 0 Å². The summed E-state index contributed by atoms with van der Waals surface area (Å²) in [5.74, 6) is -0.636. The van der Waals surface area contributed by atoms with Gasteiger partial charge in [0.05, 0.1) is 6.42 Å². The van der Waals surface area contributed by atoms with Gasteiger partial charge in [-0.25, -0.2) is 0 Å². The lowest BCUT2D eigenvalue weighted by Gasteiger charge is -2.35. The molecule has 0 bridgehead atoms. The highest BCUT2D eigenvalue weighted by Crippen LogP contribution is 2.42. The van der Waals surface area contributed by atoms with Crippen LogP contribution in [-0.4, -0.2) is 16.4 Å². The van der Waals surface area contributed by atoms with Crippen LogP contribution in [0.4, 0.5) is 0 Å². The second-order valence-corrected chi connectivity index (χ2v) is 4.86. The molecule has 0 radical (unpaired) electrons. The maximum Gasteiger partial charge on any atom is 0.303 e. The molecule has 2 nitrogen and oxygen atoms in total. The van der Waals surface area contributed by atoms with Crippen LogP contribution in [-0.2, 0) is 4.79 Å². The van der Waals surface area contributed by atoms with Gasteiger partial charge in [0.15, 0.2) is 0 Å². The molecule has 0 amide bonds. The number of halogens is 1. The van der Waals surface area contributed by atoms with E-state index in [4.69, 9.17) is 5.11 Å². The number of aliphatic carboxylic acids is 1. The summed E-state index contributed by atoms with van der Waals surface area (Å²) in [5, 5.41) is 9.77. The standard InChI is InChI=1S/C10H17BrO2/c11-7-6-10(8-9(12)13)4-2-1-3-5-10/h1-8H2,(H,12,13). The molecule has 1 rings (SSSR count). The van der Waals surface area contributed by atoms with E-state index >= 15 is 0 Å². The van der Waals surface area contributed by atoms with Crippen LogP contribution in [0.3, 0.4) is 0 Å². The third-order valence-electron chi connectivity index (χ3n) is 3.07. The summed E-state index contributed by atoms with van der Waals surface area (Å²) in [6.45, 7) is 0. The largest absolute Gasteiger partial charge is 0.481 e. The maximum absolute atomic E-state index is 10.7. The molecule has 13 heavy (non-hydrogen) atoms. The molecular weight excluding hydrogens is 232 g/mol. The highest BCUT2D eigenvalue weighted by atomic mass is 79.9. The number of rotatable bonds is 4. The first-order valence-corrected chi connectivity index (χ1v) is 6.08. The van der Waals surface area contributed by atoms with Crippen LogP contribution in [0.15, 0.2) is 0 Å². The maximum atomic E-state index is 10.7. The van der Waals surface area contributed by atoms with Crippen molar-refractivity contribution in [2.24, 2.45) is 5.41 Å². The molecule has 0 aromatic heterocycles. The average Bonchev–Trinajstić information content (AvgIpc) is 2.04. The van der Waals surface area contributed by atoms with E-state index in [0.29, 0.717) is 6.42 Å². The Kier molecular flexibility index (Phi) is 4.23. The summed E-state index contributed by atoms with van der Waals surface area (Å²) in [7, 11) is 0. The van der Waals surface area contributed by atoms with Gasteiger partial charge in [-0.1, -0.05) is 35.2 Å². The Hall–Kier alpha value is -0.0500. The first-order valence-electron chi connectivity index (χ1n) is 4.96. The van der Waals surface area contributed by atoms with Crippen molar-refractivity contribution in [1.29, 1.82) is 0 Å². The normalized spacial score (nSPS) is 21.3. The van der Waals surface area contributed by atoms with E-state index in [1.54, 1.807) is 0 Å². The van der Waals surface area contributed by atoms with E-state index in [9.17, 15) is 4.79 Å². The number of carboxylic acid groups (broad SMARTS) is 1. The van der Waals surface area contributed by atoms with Gasteiger partial charge in [0, 0.05) is 5.33 Å². The molecule has 1 aliphatic carbocycles. The minimum absolute atomic E-state index is 0.105. The number of hydrogen-bond acceptors (Lipinski definition) is 1. The Morgan fingerprint density at radius 1 is 1.31 bits per heavy atom. The lowest BCUT2D eigenvalue weighted by molar-refractivity contribution is -0.140. The average molecular weight is 249 g/mol. The van der Waals surface area contributed by atoms with Gasteiger partial charge in [-0.15, -0.1) is 0 Å². The fraction of sp³-hybridized carbons (Fsp3) is 0.900. The molecule has 0 aromatic carbocycles. The molecule has 1 aliphatic rings. The Balaban J connectivity index is 2.55. The van der Waals surface area contributed by atoms with Crippen LogP contribution < -0.4 is 0 Å². The monoisotopic (exact) mass is 248 g/mol. The molecule has 76 valence electrons. The number of carbonyl (C=O) groups is 1. The summed E-state index contributed by atoms with van der Waals surface area (Å²) in [4.78, 5) is 10.7. The van der Waals surface area contributed by atoms with Crippen molar-refractivity contribution in [2.45, 2.75) is 44.9 Å². The van der Waals surface area contributed by atoms with Crippen molar-refractivity contribution in [3.63, 3.8) is 0 Å². The molecule has 0 unspecified atom stereocenters. The molecule has 0 aliphatic heterocycles. The topological polar surface area (TPSA) is 37.3 Å². The van der Waals surface area contributed by atoms with E-state index in [0.717, 1.165) is 24.6 Å². The fourth-order valence-electron chi connectivity index (χ4n) is 2.34.